The molecule has 2 aromatic rings. The van der Waals surface area contributed by atoms with Gasteiger partial charge in [0.15, 0.2) is 9.84 Å². The quantitative estimate of drug-likeness (QED) is 0.288. The largest absolute Gasteiger partial charge is 0.491 e. The molecule has 0 radical (unpaired) electrons. The van der Waals surface area contributed by atoms with Crippen LogP contribution in [0.5, 0.6) is 5.75 Å². The van der Waals surface area contributed by atoms with Crippen LogP contribution < -0.4 is 4.74 Å². The van der Waals surface area contributed by atoms with Crippen molar-refractivity contribution in [1.82, 2.24) is 14.2 Å². The average molecular weight is 739 g/mol. The van der Waals surface area contributed by atoms with E-state index in [0.717, 1.165) is 4.90 Å². The second kappa shape index (κ2) is 12.6. The number of ether oxygens (including phenoxy) is 2. The molecule has 13 nitrogen and oxygen atoms in total. The van der Waals surface area contributed by atoms with Crippen LogP contribution in [0.3, 0.4) is 0 Å². The molecule has 1 saturated carbocycles. The first kappa shape index (κ1) is 33.3. The van der Waals surface area contributed by atoms with Crippen molar-refractivity contribution < 1.29 is 46.4 Å². The monoisotopic (exact) mass is 737 g/mol. The van der Waals surface area contributed by atoms with Crippen molar-refractivity contribution in [2.75, 3.05) is 39.5 Å². The Kier molecular flexibility index (Phi) is 9.56. The van der Waals surface area contributed by atoms with Crippen LogP contribution in [0.2, 0.25) is 5.15 Å². The minimum Gasteiger partial charge on any atom is -0.491 e. The number of aliphatic hydroxyl groups excluding tert-OH is 2. The smallest absolute Gasteiger partial charge is 0.407 e. The maximum atomic E-state index is 13.1. The number of piperidine rings is 1. The fraction of sp³-hybridized carbons (Fsp3) is 0.556. The number of aliphatic hydroxyl groups is 2. The van der Waals surface area contributed by atoms with Gasteiger partial charge in [0.1, 0.15) is 28.5 Å². The lowest BCUT2D eigenvalue weighted by Gasteiger charge is -2.38. The number of aromatic nitrogens is 1. The van der Waals surface area contributed by atoms with Crippen molar-refractivity contribution in [1.29, 1.82) is 0 Å². The summed E-state index contributed by atoms with van der Waals surface area (Å²) in [5, 5.41) is 30.3. The number of nitrogens with zero attached hydrogens (tertiary/aromatic N) is 3. The lowest BCUT2D eigenvalue weighted by atomic mass is 9.88. The van der Waals surface area contributed by atoms with E-state index in [1.54, 1.807) is 0 Å². The first-order valence-corrected chi connectivity index (χ1v) is 18.0. The van der Waals surface area contributed by atoms with Gasteiger partial charge in [0.2, 0.25) is 10.0 Å². The molecule has 1 aromatic carbocycles. The molecule has 1 spiro atoms. The number of rotatable bonds is 11. The molecule has 2 atom stereocenters. The van der Waals surface area contributed by atoms with E-state index in [1.165, 1.54) is 40.8 Å². The molecule has 0 bridgehead atoms. The Hall–Kier alpha value is -2.05. The first-order valence-electron chi connectivity index (χ1n) is 13.9. The number of benzene rings is 1. The zero-order valence-electron chi connectivity index (χ0n) is 23.5. The molecule has 3 heterocycles. The van der Waals surface area contributed by atoms with Gasteiger partial charge in [-0.25, -0.2) is 26.6 Å². The third-order valence-electron chi connectivity index (χ3n) is 8.55. The van der Waals surface area contributed by atoms with Crippen molar-refractivity contribution >= 4 is 53.5 Å². The molecule has 3 aliphatic rings. The van der Waals surface area contributed by atoms with Gasteiger partial charge < -0.3 is 29.7 Å². The van der Waals surface area contributed by atoms with Gasteiger partial charge >= 0.3 is 6.09 Å². The van der Waals surface area contributed by atoms with Crippen LogP contribution in [0.25, 0.3) is 0 Å². The minimum atomic E-state index is -3.82. The third kappa shape index (κ3) is 6.58. The zero-order chi connectivity index (χ0) is 31.9. The molecule has 1 amide bonds. The van der Waals surface area contributed by atoms with E-state index in [4.69, 9.17) is 21.1 Å². The van der Waals surface area contributed by atoms with Crippen LogP contribution in [-0.4, -0.2) is 114 Å². The summed E-state index contributed by atoms with van der Waals surface area (Å²) >= 11 is 9.10. The van der Waals surface area contributed by atoms with Gasteiger partial charge in [-0.1, -0.05) is 17.7 Å². The third-order valence-corrected chi connectivity index (χ3v) is 14.1. The van der Waals surface area contributed by atoms with Gasteiger partial charge in [-0.2, -0.15) is 4.31 Å². The zero-order valence-corrected chi connectivity index (χ0v) is 27.5. The fourth-order valence-corrected chi connectivity index (χ4v) is 9.54. The summed E-state index contributed by atoms with van der Waals surface area (Å²) in [6.45, 7) is -0.593. The van der Waals surface area contributed by atoms with Crippen molar-refractivity contribution in [2.24, 2.45) is 0 Å². The molecular formula is C27H33BrClN3O10S2. The predicted molar refractivity (Wildman–Crippen MR) is 161 cm³/mol. The molecule has 242 valence electrons. The molecule has 1 aromatic heterocycles. The normalized spacial score (nSPS) is 22.0. The van der Waals surface area contributed by atoms with E-state index in [9.17, 15) is 36.9 Å². The van der Waals surface area contributed by atoms with Crippen LogP contribution in [0, 0.1) is 0 Å². The van der Waals surface area contributed by atoms with Gasteiger partial charge in [0.05, 0.1) is 45.5 Å². The van der Waals surface area contributed by atoms with Crippen LogP contribution in [0.1, 0.15) is 32.1 Å². The number of amides is 1. The summed E-state index contributed by atoms with van der Waals surface area (Å²) in [5.74, 6) is 0.187. The Morgan fingerprint density at radius 2 is 1.89 bits per heavy atom. The maximum absolute atomic E-state index is 13.1. The van der Waals surface area contributed by atoms with Gasteiger partial charge in [-0.3, -0.25) is 0 Å². The van der Waals surface area contributed by atoms with E-state index >= 15 is 0 Å². The summed E-state index contributed by atoms with van der Waals surface area (Å²) < 4.78 is 64.3. The molecule has 2 aliphatic heterocycles. The van der Waals surface area contributed by atoms with Gasteiger partial charge in [-0.15, -0.1) is 0 Å². The minimum absolute atomic E-state index is 0.00755. The number of hydrogen-bond acceptors (Lipinski definition) is 10. The summed E-state index contributed by atoms with van der Waals surface area (Å²) in [6.07, 6.45) is 0.542. The van der Waals surface area contributed by atoms with Crippen LogP contribution >= 0.6 is 27.5 Å². The highest BCUT2D eigenvalue weighted by Gasteiger charge is 2.54. The number of sulfone groups is 1. The van der Waals surface area contributed by atoms with E-state index in [1.807, 2.05) is 0 Å². The topological polar surface area (TPSA) is 184 Å². The molecule has 0 unspecified atom stereocenters. The van der Waals surface area contributed by atoms with Gasteiger partial charge in [0, 0.05) is 19.3 Å². The van der Waals surface area contributed by atoms with Gasteiger partial charge in [0.25, 0.3) is 0 Å². The number of carbonyl (C=O) groups is 1. The molecule has 3 fully saturated rings. The highest BCUT2D eigenvalue weighted by atomic mass is 79.9. The summed E-state index contributed by atoms with van der Waals surface area (Å²) in [5.41, 5.74) is -0.704. The van der Waals surface area contributed by atoms with Crippen molar-refractivity contribution in [3.63, 3.8) is 0 Å². The molecule has 1 aliphatic carbocycles. The number of sulfonamides is 1. The predicted octanol–water partition coefficient (Wildman–Crippen LogP) is 2.53. The fourth-order valence-electron chi connectivity index (χ4n) is 5.68. The Morgan fingerprint density at radius 3 is 2.50 bits per heavy atom. The maximum Gasteiger partial charge on any atom is 0.407 e. The molecule has 17 heteroatoms. The van der Waals surface area contributed by atoms with E-state index < -0.39 is 55.1 Å². The van der Waals surface area contributed by atoms with Crippen LogP contribution in [-0.2, 0) is 24.6 Å². The standard InChI is InChI=1S/C27H33BrClN3O10S2/c28-23-11-22(13-30-24(23)29)44(39,40)31-8-6-26(7-9-31)12-18(15-42-26)32(25(35)36)14-19(34)16-41-20-2-1-3-21(10-20)43(37,38)27(17-33)4-5-27/h1-3,10-11,13,18-19,33-34H,4-9,12,14-17H2,(H,35,36)/t18-,19+/m1/s1. The lowest BCUT2D eigenvalue weighted by Crippen LogP contribution is -2.48. The molecule has 2 saturated heterocycles. The second-order valence-corrected chi connectivity index (χ2v) is 16.9. The van der Waals surface area contributed by atoms with E-state index in [0.29, 0.717) is 36.6 Å². The second-order valence-electron chi connectivity index (χ2n) is 11.4. The van der Waals surface area contributed by atoms with Gasteiger partial charge in [-0.05, 0) is 72.3 Å². The Labute approximate surface area is 268 Å². The Balaban J connectivity index is 1.16. The number of hydrogen-bond donors (Lipinski definition) is 3. The lowest BCUT2D eigenvalue weighted by molar-refractivity contribution is -0.0319. The van der Waals surface area contributed by atoms with Crippen LogP contribution in [0.15, 0.2) is 50.8 Å². The number of halogens is 2. The Morgan fingerprint density at radius 1 is 1.18 bits per heavy atom. The molecular weight excluding hydrogens is 706 g/mol. The highest BCUT2D eigenvalue weighted by molar-refractivity contribution is 9.10. The van der Waals surface area contributed by atoms with E-state index in [-0.39, 0.29) is 53.5 Å². The number of pyridine rings is 1. The molecule has 5 rings (SSSR count). The van der Waals surface area contributed by atoms with Crippen molar-refractivity contribution in [3.05, 3.63) is 46.2 Å². The Bertz CT molecular complexity index is 1620. The molecule has 3 N–H and O–H groups in total. The SMILES string of the molecule is O=C(O)N(C[C@H](O)COc1cccc(S(=O)(=O)C2(CO)CC2)c1)[C@H]1COC2(CCN(S(=O)(=O)c3cnc(Cl)c(Br)c3)CC2)C1. The summed E-state index contributed by atoms with van der Waals surface area (Å²) in [7, 11) is -7.58. The van der Waals surface area contributed by atoms with Crippen molar-refractivity contribution in [2.45, 2.75) is 64.4 Å². The van der Waals surface area contributed by atoms with E-state index in [2.05, 4.69) is 20.9 Å². The highest BCUT2D eigenvalue weighted by Crippen LogP contribution is 2.46. The first-order chi connectivity index (χ1) is 20.7. The van der Waals surface area contributed by atoms with Crippen molar-refractivity contribution in [3.8, 4) is 5.75 Å². The molecule has 44 heavy (non-hydrogen) atoms. The average Bonchev–Trinajstić information content (AvgIpc) is 3.72. The number of carboxylic acid groups (broad SMARTS) is 1. The summed E-state index contributed by atoms with van der Waals surface area (Å²) in [6, 6.07) is 6.62. The summed E-state index contributed by atoms with van der Waals surface area (Å²) in [4.78, 5) is 17.2. The van der Waals surface area contributed by atoms with Crippen LogP contribution in [0.4, 0.5) is 4.79 Å².